The van der Waals surface area contributed by atoms with Crippen LogP contribution in [0.4, 0.5) is 11.8 Å². The lowest BCUT2D eigenvalue weighted by Gasteiger charge is -2.30. The molecule has 1 aliphatic rings. The minimum absolute atomic E-state index is 0.264. The van der Waals surface area contributed by atoms with Crippen molar-refractivity contribution >= 4 is 23.2 Å². The summed E-state index contributed by atoms with van der Waals surface area (Å²) in [5.74, 6) is 7.47. The van der Waals surface area contributed by atoms with Crippen LogP contribution in [-0.4, -0.2) is 49.8 Å². The third-order valence-electron chi connectivity index (χ3n) is 6.52. The number of nitrogens with one attached hydrogen (secondary N) is 1. The number of nitrogens with two attached hydrogens (primary N) is 1. The standard InChI is InChI=1S/C28H26N8O/c1-2-3-14-35-15-4-5-22(18-35)25-23-11-13-32-28(30)36(23)26(34-25)20-6-8-21(9-7-20)27(37)33-24-16-19(17-29)10-12-31-24/h6-13,16,22H,4-5,14-15,18H2,1H3,(H2,30,32)(H,31,33,37). The summed E-state index contributed by atoms with van der Waals surface area (Å²) < 4.78 is 1.88. The highest BCUT2D eigenvalue weighted by atomic mass is 16.1. The molecule has 184 valence electrons. The fourth-order valence-corrected chi connectivity index (χ4v) is 4.72. The normalized spacial score (nSPS) is 15.5. The molecule has 3 N–H and O–H groups in total. The Hall–Kier alpha value is -4.73. The molecule has 9 nitrogen and oxygen atoms in total. The molecule has 1 amide bonds. The Morgan fingerprint density at radius 3 is 2.78 bits per heavy atom. The lowest BCUT2D eigenvalue weighted by atomic mass is 9.94. The Labute approximate surface area is 215 Å². The molecule has 0 saturated carbocycles. The van der Waals surface area contributed by atoms with E-state index >= 15 is 0 Å². The maximum atomic E-state index is 12.7. The van der Waals surface area contributed by atoms with Gasteiger partial charge in [-0.1, -0.05) is 18.1 Å². The maximum absolute atomic E-state index is 12.7. The summed E-state index contributed by atoms with van der Waals surface area (Å²) in [7, 11) is 0. The van der Waals surface area contributed by atoms with E-state index in [9.17, 15) is 4.79 Å². The minimum Gasteiger partial charge on any atom is -0.369 e. The van der Waals surface area contributed by atoms with Crippen molar-refractivity contribution in [2.75, 3.05) is 30.7 Å². The zero-order valence-electron chi connectivity index (χ0n) is 20.5. The second-order valence-electron chi connectivity index (χ2n) is 8.92. The number of nitriles is 1. The summed E-state index contributed by atoms with van der Waals surface area (Å²) in [6.45, 7) is 4.55. The van der Waals surface area contributed by atoms with Gasteiger partial charge in [0.15, 0.2) is 0 Å². The number of carbonyl (C=O) groups is 1. The molecule has 9 heteroatoms. The fourth-order valence-electron chi connectivity index (χ4n) is 4.72. The molecule has 0 radical (unpaired) electrons. The molecular formula is C28H26N8O. The van der Waals surface area contributed by atoms with E-state index in [2.05, 4.69) is 32.0 Å². The van der Waals surface area contributed by atoms with Crippen LogP contribution >= 0.6 is 0 Å². The van der Waals surface area contributed by atoms with Gasteiger partial charge < -0.3 is 11.1 Å². The van der Waals surface area contributed by atoms with Crippen molar-refractivity contribution in [3.05, 3.63) is 71.7 Å². The largest absolute Gasteiger partial charge is 0.369 e. The molecule has 37 heavy (non-hydrogen) atoms. The molecule has 1 aliphatic heterocycles. The van der Waals surface area contributed by atoms with E-state index in [1.165, 1.54) is 12.3 Å². The number of rotatable bonds is 5. The molecule has 3 aromatic heterocycles. The zero-order chi connectivity index (χ0) is 25.8. The van der Waals surface area contributed by atoms with E-state index in [1.807, 2.05) is 35.6 Å². The first-order valence-corrected chi connectivity index (χ1v) is 12.1. The van der Waals surface area contributed by atoms with E-state index in [-0.39, 0.29) is 11.8 Å². The van der Waals surface area contributed by atoms with Gasteiger partial charge in [0.1, 0.15) is 11.6 Å². The van der Waals surface area contributed by atoms with Crippen molar-refractivity contribution in [1.82, 2.24) is 24.3 Å². The van der Waals surface area contributed by atoms with Gasteiger partial charge in [-0.3, -0.25) is 14.1 Å². The Morgan fingerprint density at radius 2 is 2.00 bits per heavy atom. The van der Waals surface area contributed by atoms with Crippen molar-refractivity contribution < 1.29 is 4.79 Å². The van der Waals surface area contributed by atoms with Crippen LogP contribution in [-0.2, 0) is 0 Å². The van der Waals surface area contributed by atoms with E-state index < -0.39 is 0 Å². The van der Waals surface area contributed by atoms with Gasteiger partial charge in [-0.05, 0) is 56.6 Å². The molecule has 1 unspecified atom stereocenters. The van der Waals surface area contributed by atoms with Gasteiger partial charge in [-0.2, -0.15) is 5.26 Å². The van der Waals surface area contributed by atoms with Gasteiger partial charge in [0, 0.05) is 36.0 Å². The van der Waals surface area contributed by atoms with Crippen molar-refractivity contribution in [3.63, 3.8) is 0 Å². The molecule has 4 aromatic rings. The number of imidazole rings is 1. The number of pyridine rings is 1. The number of aromatic nitrogens is 4. The highest BCUT2D eigenvalue weighted by Crippen LogP contribution is 2.33. The second-order valence-corrected chi connectivity index (χ2v) is 8.92. The number of hydrogen-bond donors (Lipinski definition) is 2. The Bertz CT molecular complexity index is 1560. The maximum Gasteiger partial charge on any atom is 0.256 e. The van der Waals surface area contributed by atoms with Crippen LogP contribution in [0.5, 0.6) is 0 Å². The van der Waals surface area contributed by atoms with Gasteiger partial charge in [0.25, 0.3) is 5.91 Å². The zero-order valence-corrected chi connectivity index (χ0v) is 20.5. The third-order valence-corrected chi connectivity index (χ3v) is 6.52. The van der Waals surface area contributed by atoms with E-state index in [4.69, 9.17) is 16.0 Å². The first-order chi connectivity index (χ1) is 18.1. The quantitative estimate of drug-likeness (QED) is 0.409. The van der Waals surface area contributed by atoms with Crippen LogP contribution in [0.1, 0.15) is 47.3 Å². The third kappa shape index (κ3) is 4.99. The van der Waals surface area contributed by atoms with Crippen molar-refractivity contribution in [2.45, 2.75) is 25.7 Å². The summed E-state index contributed by atoms with van der Waals surface area (Å²) in [5.41, 5.74) is 9.96. The first-order valence-electron chi connectivity index (χ1n) is 12.1. The number of benzene rings is 1. The molecule has 5 rings (SSSR count). The summed E-state index contributed by atoms with van der Waals surface area (Å²) in [6.07, 6.45) is 5.33. The van der Waals surface area contributed by atoms with Crippen molar-refractivity contribution in [2.24, 2.45) is 0 Å². The molecule has 4 heterocycles. The number of carbonyl (C=O) groups excluding carboxylic acids is 1. The summed E-state index contributed by atoms with van der Waals surface area (Å²) in [4.78, 5) is 28.6. The monoisotopic (exact) mass is 490 g/mol. The molecule has 1 atom stereocenters. The highest BCUT2D eigenvalue weighted by molar-refractivity contribution is 6.04. The summed E-state index contributed by atoms with van der Waals surface area (Å²) in [5, 5.41) is 11.8. The number of nitrogens with zero attached hydrogens (tertiary/aromatic N) is 6. The number of hydrogen-bond acceptors (Lipinski definition) is 7. The lowest BCUT2D eigenvalue weighted by Crippen LogP contribution is -2.34. The predicted octanol–water partition coefficient (Wildman–Crippen LogP) is 3.70. The summed E-state index contributed by atoms with van der Waals surface area (Å²) >= 11 is 0. The number of amides is 1. The Morgan fingerprint density at radius 1 is 1.19 bits per heavy atom. The number of anilines is 2. The predicted molar refractivity (Wildman–Crippen MR) is 142 cm³/mol. The van der Waals surface area contributed by atoms with Crippen molar-refractivity contribution in [3.8, 4) is 29.3 Å². The average molecular weight is 491 g/mol. The molecule has 1 saturated heterocycles. The average Bonchev–Trinajstić information content (AvgIpc) is 3.33. The minimum atomic E-state index is -0.318. The SMILES string of the molecule is CC#CCN1CCCC(c2nc(-c3ccc(C(=O)Nc4cc(C#N)ccn4)cc3)n3c(N)nccc23)C1. The molecular weight excluding hydrogens is 464 g/mol. The number of fused-ring (bicyclic) bond motifs is 1. The van der Waals surface area contributed by atoms with E-state index in [0.29, 0.717) is 28.7 Å². The first kappa shape index (κ1) is 24.0. The molecule has 1 aromatic carbocycles. The van der Waals surface area contributed by atoms with Gasteiger partial charge >= 0.3 is 0 Å². The smallest absolute Gasteiger partial charge is 0.256 e. The van der Waals surface area contributed by atoms with Crippen LogP contribution in [0.15, 0.2) is 54.9 Å². The van der Waals surface area contributed by atoms with Crippen LogP contribution in [0.25, 0.3) is 16.9 Å². The molecule has 0 spiro atoms. The molecule has 0 aliphatic carbocycles. The van der Waals surface area contributed by atoms with Gasteiger partial charge in [0.2, 0.25) is 5.95 Å². The fraction of sp³-hybridized carbons (Fsp3) is 0.250. The lowest BCUT2D eigenvalue weighted by molar-refractivity contribution is 0.102. The van der Waals surface area contributed by atoms with Crippen LogP contribution < -0.4 is 11.1 Å². The van der Waals surface area contributed by atoms with Crippen LogP contribution in [0.3, 0.4) is 0 Å². The van der Waals surface area contributed by atoms with Crippen LogP contribution in [0.2, 0.25) is 0 Å². The number of likely N-dealkylation sites (tertiary alicyclic amines) is 1. The molecule has 1 fully saturated rings. The number of nitrogen functional groups attached to an aromatic ring is 1. The van der Waals surface area contributed by atoms with E-state index in [0.717, 1.165) is 49.2 Å². The Balaban J connectivity index is 1.44. The number of piperidine rings is 1. The molecule has 0 bridgehead atoms. The van der Waals surface area contributed by atoms with Gasteiger partial charge in [0.05, 0.1) is 29.4 Å². The highest BCUT2D eigenvalue weighted by Gasteiger charge is 2.26. The van der Waals surface area contributed by atoms with E-state index in [1.54, 1.807) is 24.4 Å². The van der Waals surface area contributed by atoms with Gasteiger partial charge in [-0.15, -0.1) is 5.92 Å². The van der Waals surface area contributed by atoms with Crippen LogP contribution in [0, 0.1) is 23.2 Å². The summed E-state index contributed by atoms with van der Waals surface area (Å²) in [6, 6.07) is 14.3. The Kier molecular flexibility index (Phi) is 6.80. The van der Waals surface area contributed by atoms with Crippen molar-refractivity contribution in [1.29, 1.82) is 5.26 Å². The topological polar surface area (TPSA) is 125 Å². The van der Waals surface area contributed by atoms with Gasteiger partial charge in [-0.25, -0.2) is 15.0 Å². The second kappa shape index (κ2) is 10.5.